The number of para-hydroxylation sites is 2. The summed E-state index contributed by atoms with van der Waals surface area (Å²) in [4.78, 5) is 14.3. The molecule has 1 amide bonds. The summed E-state index contributed by atoms with van der Waals surface area (Å²) in [6.45, 7) is 3.75. The predicted octanol–water partition coefficient (Wildman–Crippen LogP) is 2.68. The van der Waals surface area contributed by atoms with E-state index in [4.69, 9.17) is 9.47 Å². The van der Waals surface area contributed by atoms with Gasteiger partial charge >= 0.3 is 0 Å². The molecule has 1 saturated heterocycles. The van der Waals surface area contributed by atoms with Gasteiger partial charge in [-0.3, -0.25) is 4.79 Å². The van der Waals surface area contributed by atoms with E-state index in [2.05, 4.69) is 4.72 Å². The number of amides is 1. The first kappa shape index (κ1) is 22.1. The topological polar surface area (TPSA) is 84.9 Å². The predicted molar refractivity (Wildman–Crippen MR) is 114 cm³/mol. The number of likely N-dealkylation sites (tertiary alicyclic amines) is 1. The van der Waals surface area contributed by atoms with E-state index < -0.39 is 10.0 Å². The molecule has 0 saturated carbocycles. The molecule has 1 aliphatic heterocycles. The molecule has 0 spiro atoms. The van der Waals surface area contributed by atoms with Crippen LogP contribution in [0.15, 0.2) is 59.5 Å². The molecule has 7 nitrogen and oxygen atoms in total. The Bertz CT molecular complexity index is 926. The normalized spacial score (nSPS) is 15.0. The number of piperidine rings is 1. The van der Waals surface area contributed by atoms with Crippen molar-refractivity contribution < 1.29 is 22.7 Å². The molecule has 3 rings (SSSR count). The van der Waals surface area contributed by atoms with E-state index in [0.29, 0.717) is 37.7 Å². The summed E-state index contributed by atoms with van der Waals surface area (Å²) < 4.78 is 39.0. The van der Waals surface area contributed by atoms with Gasteiger partial charge < -0.3 is 14.4 Å². The SMILES string of the molecule is CCOc1ccccc1S(=O)(=O)NCC1CCN(C(=O)COc2ccccc2)CC1. The van der Waals surface area contributed by atoms with Gasteiger partial charge in [-0.15, -0.1) is 0 Å². The van der Waals surface area contributed by atoms with Crippen molar-refractivity contribution in [2.45, 2.75) is 24.7 Å². The quantitative estimate of drug-likeness (QED) is 0.659. The van der Waals surface area contributed by atoms with Crippen LogP contribution in [-0.2, 0) is 14.8 Å². The smallest absolute Gasteiger partial charge is 0.260 e. The third-order valence-electron chi connectivity index (χ3n) is 5.07. The minimum atomic E-state index is -3.66. The fourth-order valence-electron chi connectivity index (χ4n) is 3.39. The van der Waals surface area contributed by atoms with Crippen molar-refractivity contribution >= 4 is 15.9 Å². The number of benzene rings is 2. The molecule has 2 aromatic rings. The Morgan fingerprint density at radius 2 is 1.70 bits per heavy atom. The number of hydrogen-bond donors (Lipinski definition) is 1. The van der Waals surface area contributed by atoms with Gasteiger partial charge in [0, 0.05) is 19.6 Å². The van der Waals surface area contributed by atoms with Gasteiger partial charge in [0.15, 0.2) is 6.61 Å². The second-order valence-electron chi connectivity index (χ2n) is 7.16. The molecule has 1 heterocycles. The Balaban J connectivity index is 1.46. The Labute approximate surface area is 178 Å². The molecule has 8 heteroatoms. The van der Waals surface area contributed by atoms with Crippen molar-refractivity contribution in [3.05, 3.63) is 54.6 Å². The van der Waals surface area contributed by atoms with Gasteiger partial charge in [-0.1, -0.05) is 30.3 Å². The highest BCUT2D eigenvalue weighted by Gasteiger charge is 2.25. The van der Waals surface area contributed by atoms with Crippen LogP contribution in [0, 0.1) is 5.92 Å². The Hall–Kier alpha value is -2.58. The van der Waals surface area contributed by atoms with Crippen LogP contribution in [-0.4, -0.2) is 52.1 Å². The van der Waals surface area contributed by atoms with Crippen LogP contribution in [0.2, 0.25) is 0 Å². The highest BCUT2D eigenvalue weighted by Crippen LogP contribution is 2.24. The number of carbonyl (C=O) groups is 1. The number of sulfonamides is 1. The van der Waals surface area contributed by atoms with Crippen LogP contribution in [0.4, 0.5) is 0 Å². The lowest BCUT2D eigenvalue weighted by Gasteiger charge is -2.32. The summed E-state index contributed by atoms with van der Waals surface area (Å²) in [5.41, 5.74) is 0. The van der Waals surface area contributed by atoms with Crippen molar-refractivity contribution in [2.24, 2.45) is 5.92 Å². The maximum absolute atomic E-state index is 12.7. The monoisotopic (exact) mass is 432 g/mol. The van der Waals surface area contributed by atoms with Gasteiger partial charge in [0.2, 0.25) is 10.0 Å². The van der Waals surface area contributed by atoms with Crippen LogP contribution in [0.1, 0.15) is 19.8 Å². The van der Waals surface area contributed by atoms with Gasteiger partial charge in [-0.25, -0.2) is 13.1 Å². The van der Waals surface area contributed by atoms with Crippen molar-refractivity contribution in [1.29, 1.82) is 0 Å². The lowest BCUT2D eigenvalue weighted by Crippen LogP contribution is -2.43. The average molecular weight is 433 g/mol. The van der Waals surface area contributed by atoms with Crippen LogP contribution in [0.3, 0.4) is 0 Å². The first-order valence-corrected chi connectivity index (χ1v) is 11.6. The van der Waals surface area contributed by atoms with Crippen LogP contribution in [0.5, 0.6) is 11.5 Å². The summed E-state index contributed by atoms with van der Waals surface area (Å²) in [5.74, 6) is 1.15. The summed E-state index contributed by atoms with van der Waals surface area (Å²) in [6.07, 6.45) is 1.49. The van der Waals surface area contributed by atoms with E-state index in [9.17, 15) is 13.2 Å². The van der Waals surface area contributed by atoms with Gasteiger partial charge in [0.1, 0.15) is 16.4 Å². The number of hydrogen-bond acceptors (Lipinski definition) is 5. The zero-order valence-electron chi connectivity index (χ0n) is 17.1. The molecule has 162 valence electrons. The summed E-state index contributed by atoms with van der Waals surface area (Å²) in [6, 6.07) is 15.9. The summed E-state index contributed by atoms with van der Waals surface area (Å²) >= 11 is 0. The molecule has 1 fully saturated rings. The third kappa shape index (κ3) is 5.96. The molecule has 0 aromatic heterocycles. The summed E-state index contributed by atoms with van der Waals surface area (Å²) in [5, 5.41) is 0. The fourth-order valence-corrected chi connectivity index (χ4v) is 4.65. The number of nitrogens with one attached hydrogen (secondary N) is 1. The maximum Gasteiger partial charge on any atom is 0.260 e. The zero-order chi connectivity index (χ0) is 21.4. The lowest BCUT2D eigenvalue weighted by molar-refractivity contribution is -0.134. The minimum absolute atomic E-state index is 0.00945. The molecule has 0 unspecified atom stereocenters. The first-order chi connectivity index (χ1) is 14.5. The number of ether oxygens (including phenoxy) is 2. The van der Waals surface area contributed by atoms with E-state index in [1.165, 1.54) is 0 Å². The number of rotatable bonds is 9. The second kappa shape index (κ2) is 10.4. The van der Waals surface area contributed by atoms with Crippen molar-refractivity contribution in [3.63, 3.8) is 0 Å². The fraction of sp³-hybridized carbons (Fsp3) is 0.409. The molecule has 2 aromatic carbocycles. The molecule has 1 aliphatic rings. The Morgan fingerprint density at radius 3 is 2.40 bits per heavy atom. The number of nitrogens with zero attached hydrogens (tertiary/aromatic N) is 1. The van der Waals surface area contributed by atoms with Gasteiger partial charge in [0.05, 0.1) is 6.61 Å². The van der Waals surface area contributed by atoms with E-state index in [-0.39, 0.29) is 23.3 Å². The molecule has 0 aliphatic carbocycles. The standard InChI is InChI=1S/C22H28N2O5S/c1-2-28-20-10-6-7-11-21(20)30(26,27)23-16-18-12-14-24(15-13-18)22(25)17-29-19-8-4-3-5-9-19/h3-11,18,23H,2,12-17H2,1H3. The Kier molecular flexibility index (Phi) is 7.70. The molecule has 0 atom stereocenters. The first-order valence-electron chi connectivity index (χ1n) is 10.2. The minimum Gasteiger partial charge on any atom is -0.492 e. The highest BCUT2D eigenvalue weighted by atomic mass is 32.2. The number of carbonyl (C=O) groups excluding carboxylic acids is 1. The van der Waals surface area contributed by atoms with Crippen molar-refractivity contribution in [3.8, 4) is 11.5 Å². The van der Waals surface area contributed by atoms with E-state index in [1.807, 2.05) is 37.3 Å². The van der Waals surface area contributed by atoms with E-state index in [0.717, 1.165) is 12.8 Å². The molecular formula is C22H28N2O5S. The zero-order valence-corrected chi connectivity index (χ0v) is 17.9. The van der Waals surface area contributed by atoms with Crippen molar-refractivity contribution in [1.82, 2.24) is 9.62 Å². The van der Waals surface area contributed by atoms with E-state index in [1.54, 1.807) is 29.2 Å². The molecule has 0 bridgehead atoms. The lowest BCUT2D eigenvalue weighted by atomic mass is 9.97. The molecular weight excluding hydrogens is 404 g/mol. The molecule has 30 heavy (non-hydrogen) atoms. The molecule has 0 radical (unpaired) electrons. The van der Waals surface area contributed by atoms with Gasteiger partial charge in [-0.05, 0) is 49.9 Å². The molecule has 1 N–H and O–H groups in total. The average Bonchev–Trinajstić information content (AvgIpc) is 2.78. The van der Waals surface area contributed by atoms with Crippen molar-refractivity contribution in [2.75, 3.05) is 32.8 Å². The highest BCUT2D eigenvalue weighted by molar-refractivity contribution is 7.89. The second-order valence-corrected chi connectivity index (χ2v) is 8.89. The van der Waals surface area contributed by atoms with Gasteiger partial charge in [-0.2, -0.15) is 0 Å². The van der Waals surface area contributed by atoms with Crippen LogP contribution in [0.25, 0.3) is 0 Å². The summed E-state index contributed by atoms with van der Waals surface area (Å²) in [7, 11) is -3.66. The Morgan fingerprint density at radius 1 is 1.03 bits per heavy atom. The largest absolute Gasteiger partial charge is 0.492 e. The third-order valence-corrected chi connectivity index (χ3v) is 6.54. The van der Waals surface area contributed by atoms with E-state index >= 15 is 0 Å². The van der Waals surface area contributed by atoms with Crippen LogP contribution < -0.4 is 14.2 Å². The van der Waals surface area contributed by atoms with Gasteiger partial charge in [0.25, 0.3) is 5.91 Å². The maximum atomic E-state index is 12.7. The van der Waals surface area contributed by atoms with Crippen LogP contribution >= 0.6 is 0 Å².